The summed E-state index contributed by atoms with van der Waals surface area (Å²) in [4.78, 5) is 0. The van der Waals surface area contributed by atoms with Crippen LogP contribution in [0.1, 0.15) is 74.7 Å². The molecule has 6 atom stereocenters. The molecular formula is C71H94O14Si12. The molecule has 7 aliphatic heterocycles. The second kappa shape index (κ2) is 25.3. The molecular weight excluding hydrogens is 1410 g/mol. The zero-order chi connectivity index (χ0) is 68.9. The molecule has 4 unspecified atom stereocenters. The fourth-order valence-electron chi connectivity index (χ4n) is 14.9. The van der Waals surface area contributed by atoms with Crippen LogP contribution in [-0.2, 0) is 57.6 Å². The molecule has 7 saturated heterocycles. The van der Waals surface area contributed by atoms with Gasteiger partial charge in [0.15, 0.2) is 33.3 Å². The third-order valence-electron chi connectivity index (χ3n) is 22.9. The average Bonchev–Trinajstić information content (AvgIpc) is 1.54. The fraction of sp³-hybridized carbons (Fsp3) is 0.324. The van der Waals surface area contributed by atoms with Gasteiger partial charge in [0.1, 0.15) is 0 Å². The Bertz CT molecular complexity index is 3960. The lowest BCUT2D eigenvalue weighted by Crippen LogP contribution is -2.91. The smallest absolute Gasteiger partial charge is 0.413 e. The summed E-state index contributed by atoms with van der Waals surface area (Å²) in [5.41, 5.74) is 0. The molecule has 14 nitrogen and oxygen atoms in total. The van der Waals surface area contributed by atoms with E-state index in [2.05, 4.69) is 156 Å². The van der Waals surface area contributed by atoms with Crippen LogP contribution in [0, 0.1) is 0 Å². The van der Waals surface area contributed by atoms with E-state index < -0.39 is 124 Å². The summed E-state index contributed by atoms with van der Waals surface area (Å²) in [5, 5.41) is 2.21. The van der Waals surface area contributed by atoms with Crippen molar-refractivity contribution in [3.8, 4) is 0 Å². The Morgan fingerprint density at radius 3 is 0.629 bits per heavy atom. The highest BCUT2D eigenvalue weighted by molar-refractivity contribution is 7.12. The van der Waals surface area contributed by atoms with Crippen LogP contribution in [0.5, 0.6) is 0 Å². The van der Waals surface area contributed by atoms with Gasteiger partial charge in [-0.2, -0.15) is 0 Å². The highest BCUT2D eigenvalue weighted by Gasteiger charge is 2.83. The molecule has 8 bridgehead atoms. The van der Waals surface area contributed by atoms with Crippen molar-refractivity contribution >= 4 is 145 Å². The predicted octanol–water partition coefficient (Wildman–Crippen LogP) is 12.2. The van der Waals surface area contributed by atoms with Crippen molar-refractivity contribution in [3.05, 3.63) is 243 Å². The van der Waals surface area contributed by atoms with Crippen molar-refractivity contribution in [1.82, 2.24) is 0 Å². The lowest BCUT2D eigenvalue weighted by molar-refractivity contribution is 0.0464. The maximum absolute atomic E-state index is 9.12. The Kier molecular flexibility index (Phi) is 18.6. The van der Waals surface area contributed by atoms with Crippen molar-refractivity contribution in [3.63, 3.8) is 0 Å². The van der Waals surface area contributed by atoms with E-state index in [1.54, 1.807) is 0 Å². The SMILES string of the molecule is CC[C@@]1(C)CC(C)(C)[Si](C)(C)O[Si]2(c3ccccc3)O[Si]3(c4ccccc4)O[Si]4(c5ccccc5)O[Si](c5ccccc5)(O[Si]5(c6ccccc6)O[Si](c6ccccc6)(O2)O[Si](c2ccccc2)(O3)O[Si](C)(C)C(C)(C)[C@@](C)(CC)[Si](C)(C)O[Si](c2ccccc2)(O4)O5)O[Si]1(C)C. The van der Waals surface area contributed by atoms with Gasteiger partial charge in [-0.3, -0.25) is 0 Å². The molecule has 0 saturated carbocycles. The van der Waals surface area contributed by atoms with Gasteiger partial charge in [-0.1, -0.05) is 311 Å². The summed E-state index contributed by atoms with van der Waals surface area (Å²) in [5.74, 6) is 0. The lowest BCUT2D eigenvalue weighted by Gasteiger charge is -2.60. The molecule has 0 N–H and O–H groups in total. The molecule has 26 heteroatoms. The standard InChI is InChI=1S/C71H94O14Si12/c1-17-70(7)59-68(3,4)86(9,10)72-90(60-43-27-19-28-44-60)76-94(64-51-35-23-36-52-64)78-91(61-45-29-20-30-46-61)73-87(11,12)69(5,6)71(8,18-2)89(15,16)75-93(63-49-33-22-34-50-63)82-96(84-94,66-55-39-25-40-56-66)80-92(74-88(70,13)14,62-47-31-21-32-48-62)81-97(83-93,67-57-41-26-42-58-67)85-95(77-90,79-91)65-53-37-24-38-54-65/h19-58H,17-18,59H2,1-16H3/t70-,71+,90?,91?,92?,93?,94?,95?,96?,97?/m0/s1. The van der Waals surface area contributed by atoms with Gasteiger partial charge < -0.3 is 57.6 Å². The number of hydrogen-bond acceptors (Lipinski definition) is 14. The number of rotatable bonds is 10. The monoisotopic (exact) mass is 1510 g/mol. The van der Waals surface area contributed by atoms with Crippen LogP contribution in [0.2, 0.25) is 72.5 Å². The summed E-state index contributed by atoms with van der Waals surface area (Å²) in [6, 6.07) is 80.7. The molecule has 15 rings (SSSR count). The third-order valence-corrected chi connectivity index (χ3v) is 79.5. The minimum Gasteiger partial charge on any atom is -0.413 e. The lowest BCUT2D eigenvalue weighted by atomic mass is 9.92. The number of benzene rings is 8. The molecule has 0 amide bonds. The van der Waals surface area contributed by atoms with Gasteiger partial charge in [-0.25, -0.2) is 0 Å². The molecule has 510 valence electrons. The molecule has 7 heterocycles. The van der Waals surface area contributed by atoms with Gasteiger partial charge in [-0.05, 0) is 78.9 Å². The van der Waals surface area contributed by atoms with E-state index >= 15 is 0 Å². The first-order valence-corrected chi connectivity index (χ1v) is 59.5. The van der Waals surface area contributed by atoms with Crippen LogP contribution in [0.15, 0.2) is 243 Å². The summed E-state index contributed by atoms with van der Waals surface area (Å²) in [7, 11) is -55.7. The first-order valence-electron chi connectivity index (χ1n) is 34.1. The van der Waals surface area contributed by atoms with Gasteiger partial charge >= 0.3 is 70.4 Å². The minimum atomic E-state index is -5.38. The van der Waals surface area contributed by atoms with Gasteiger partial charge in [0, 0.05) is 41.5 Å². The Morgan fingerprint density at radius 2 is 0.423 bits per heavy atom. The Morgan fingerprint density at radius 1 is 0.237 bits per heavy atom. The predicted molar refractivity (Wildman–Crippen MR) is 410 cm³/mol. The van der Waals surface area contributed by atoms with E-state index in [0.717, 1.165) is 6.42 Å². The van der Waals surface area contributed by atoms with E-state index in [1.165, 1.54) is 0 Å². The van der Waals surface area contributed by atoms with Crippen LogP contribution in [0.3, 0.4) is 0 Å². The highest BCUT2D eigenvalue weighted by atomic mass is 28.6. The Hall–Kier alpha value is -4.20. The van der Waals surface area contributed by atoms with Gasteiger partial charge in [-0.15, -0.1) is 0 Å². The van der Waals surface area contributed by atoms with Gasteiger partial charge in [0.05, 0.1) is 0 Å². The number of fused-ring (bicyclic) bond motifs is 11. The third kappa shape index (κ3) is 12.0. The topological polar surface area (TPSA) is 129 Å². The van der Waals surface area contributed by atoms with Crippen LogP contribution in [0.4, 0.5) is 0 Å². The molecule has 0 radical (unpaired) electrons. The van der Waals surface area contributed by atoms with Gasteiger partial charge in [0.25, 0.3) is 0 Å². The largest absolute Gasteiger partial charge is 0.515 e. The van der Waals surface area contributed by atoms with Crippen molar-refractivity contribution in [1.29, 1.82) is 0 Å². The quantitative estimate of drug-likeness (QED) is 0.120. The fourth-order valence-corrected chi connectivity index (χ4v) is 81.3. The second-order valence-corrected chi connectivity index (χ2v) is 72.1. The molecule has 0 aromatic heterocycles. The number of hydrogen-bond donors (Lipinski definition) is 0. The average molecular weight is 1510 g/mol. The van der Waals surface area contributed by atoms with Crippen LogP contribution in [0.25, 0.3) is 0 Å². The van der Waals surface area contributed by atoms with Crippen molar-refractivity contribution in [2.24, 2.45) is 0 Å². The minimum absolute atomic E-state index is 0.524. The summed E-state index contributed by atoms with van der Waals surface area (Å²) >= 11 is 0. The summed E-state index contributed by atoms with van der Waals surface area (Å²) in [6.45, 7) is 37.3. The maximum Gasteiger partial charge on any atom is 0.515 e. The van der Waals surface area contributed by atoms with Crippen molar-refractivity contribution < 1.29 is 57.6 Å². The van der Waals surface area contributed by atoms with E-state index in [0.29, 0.717) is 54.3 Å². The van der Waals surface area contributed by atoms with Crippen LogP contribution < -0.4 is 41.5 Å². The molecule has 8 aromatic carbocycles. The molecule has 7 fully saturated rings. The molecule has 8 aromatic rings. The Labute approximate surface area is 588 Å². The van der Waals surface area contributed by atoms with Crippen molar-refractivity contribution in [2.45, 2.75) is 147 Å². The molecule has 0 spiro atoms. The van der Waals surface area contributed by atoms with Crippen molar-refractivity contribution in [2.75, 3.05) is 0 Å². The van der Waals surface area contributed by atoms with E-state index in [1.807, 2.05) is 194 Å². The summed E-state index contributed by atoms with van der Waals surface area (Å²) < 4.78 is 126. The second-order valence-electron chi connectivity index (χ2n) is 30.1. The van der Waals surface area contributed by atoms with Crippen LogP contribution in [-0.4, -0.2) is 104 Å². The first-order chi connectivity index (χ1) is 45.8. The summed E-state index contributed by atoms with van der Waals surface area (Å²) in [6.07, 6.45) is 2.08. The zero-order valence-electron chi connectivity index (χ0n) is 58.9. The molecule has 7 aliphatic rings. The normalized spacial score (nSPS) is 35.0. The Balaban J connectivity index is 1.38. The molecule has 0 aliphatic carbocycles. The van der Waals surface area contributed by atoms with Gasteiger partial charge in [0.2, 0.25) is 0 Å². The van der Waals surface area contributed by atoms with E-state index in [-0.39, 0.29) is 0 Å². The zero-order valence-corrected chi connectivity index (χ0v) is 70.9. The van der Waals surface area contributed by atoms with E-state index in [9.17, 15) is 0 Å². The first kappa shape index (κ1) is 71.2. The maximum atomic E-state index is 9.12. The van der Waals surface area contributed by atoms with Crippen LogP contribution >= 0.6 is 0 Å². The highest BCUT2D eigenvalue weighted by Crippen LogP contribution is 2.66. The van der Waals surface area contributed by atoms with E-state index in [4.69, 9.17) is 57.6 Å². The molecule has 97 heavy (non-hydrogen) atoms.